The number of hydrogen-bond acceptors (Lipinski definition) is 1. The molecule has 1 atom stereocenters. The van der Waals surface area contributed by atoms with Crippen molar-refractivity contribution in [1.29, 1.82) is 0 Å². The fourth-order valence-electron chi connectivity index (χ4n) is 0.741. The van der Waals surface area contributed by atoms with Crippen molar-refractivity contribution in [3.8, 4) is 0 Å². The summed E-state index contributed by atoms with van der Waals surface area (Å²) < 4.78 is 1.29. The fourth-order valence-corrected chi connectivity index (χ4v) is 2.42. The van der Waals surface area contributed by atoms with Crippen LogP contribution in [0.15, 0.2) is 30.3 Å². The summed E-state index contributed by atoms with van der Waals surface area (Å²) in [5, 5.41) is 0. The van der Waals surface area contributed by atoms with Crippen LogP contribution in [0.25, 0.3) is 0 Å². The maximum atomic E-state index is 10.3. The van der Waals surface area contributed by atoms with Crippen LogP contribution in [0.3, 0.4) is 0 Å². The maximum absolute atomic E-state index is 10.3. The molecule has 0 spiro atoms. The quantitative estimate of drug-likeness (QED) is 0.541. The first kappa shape index (κ1) is 8.51. The Kier molecular flexibility index (Phi) is 3.34. The molecule has 1 unspecified atom stereocenters. The summed E-state index contributed by atoms with van der Waals surface area (Å²) in [5.41, 5.74) is 0. The monoisotopic (exact) mass is 214 g/mol. The second kappa shape index (κ2) is 4.32. The molecule has 1 aromatic carbocycles. The van der Waals surface area contributed by atoms with E-state index in [1.165, 1.54) is 4.46 Å². The van der Waals surface area contributed by atoms with E-state index in [4.69, 9.17) is 0 Å². The van der Waals surface area contributed by atoms with Gasteiger partial charge in [0, 0.05) is 0 Å². The van der Waals surface area contributed by atoms with Crippen LogP contribution in [0.1, 0.15) is 6.92 Å². The van der Waals surface area contributed by atoms with Gasteiger partial charge in [-0.25, -0.2) is 0 Å². The van der Waals surface area contributed by atoms with E-state index in [1.54, 1.807) is 0 Å². The summed E-state index contributed by atoms with van der Waals surface area (Å²) >= 11 is 0.309. The van der Waals surface area contributed by atoms with Gasteiger partial charge in [0.05, 0.1) is 0 Å². The molecule has 0 bridgehead atoms. The number of aldehydes is 1. The molecular formula is C9H10OSe. The van der Waals surface area contributed by atoms with Gasteiger partial charge >= 0.3 is 72.6 Å². The number of hydrogen-bond donors (Lipinski definition) is 0. The van der Waals surface area contributed by atoms with Gasteiger partial charge in [-0.05, 0) is 0 Å². The van der Waals surface area contributed by atoms with Gasteiger partial charge in [0.15, 0.2) is 0 Å². The predicted molar refractivity (Wildman–Crippen MR) is 47.3 cm³/mol. The molecule has 11 heavy (non-hydrogen) atoms. The Bertz CT molecular complexity index is 220. The first-order valence-corrected chi connectivity index (χ1v) is 5.34. The van der Waals surface area contributed by atoms with Crippen LogP contribution in [0.5, 0.6) is 0 Å². The van der Waals surface area contributed by atoms with Crippen LogP contribution in [0.4, 0.5) is 0 Å². The molecule has 0 aliphatic rings. The van der Waals surface area contributed by atoms with E-state index in [2.05, 4.69) is 12.1 Å². The number of carbonyl (C=O) groups excluding carboxylic acids is 1. The molecule has 58 valence electrons. The molecule has 0 radical (unpaired) electrons. The van der Waals surface area contributed by atoms with Gasteiger partial charge in [-0.15, -0.1) is 0 Å². The van der Waals surface area contributed by atoms with E-state index in [-0.39, 0.29) is 4.82 Å². The summed E-state index contributed by atoms with van der Waals surface area (Å²) in [4.78, 5) is 10.5. The van der Waals surface area contributed by atoms with Crippen LogP contribution >= 0.6 is 0 Å². The van der Waals surface area contributed by atoms with Gasteiger partial charge in [0.2, 0.25) is 0 Å². The van der Waals surface area contributed by atoms with E-state index < -0.39 is 0 Å². The Morgan fingerprint density at radius 3 is 2.55 bits per heavy atom. The molecule has 0 saturated heterocycles. The zero-order valence-corrected chi connectivity index (χ0v) is 8.07. The van der Waals surface area contributed by atoms with Crippen LogP contribution in [0.2, 0.25) is 4.82 Å². The van der Waals surface area contributed by atoms with Crippen LogP contribution in [0, 0.1) is 0 Å². The number of benzene rings is 1. The van der Waals surface area contributed by atoms with Gasteiger partial charge in [-0.2, -0.15) is 0 Å². The van der Waals surface area contributed by atoms with Gasteiger partial charge in [0.25, 0.3) is 0 Å². The standard InChI is InChI=1S/C9H10OSe/c1-8(7-10)11-9-5-3-2-4-6-9/h2-8H,1H3. The number of rotatable bonds is 3. The molecule has 1 rings (SSSR count). The van der Waals surface area contributed by atoms with Crippen LogP contribution < -0.4 is 4.46 Å². The van der Waals surface area contributed by atoms with Gasteiger partial charge in [-0.3, -0.25) is 0 Å². The average molecular weight is 213 g/mol. The Morgan fingerprint density at radius 2 is 2.00 bits per heavy atom. The predicted octanol–water partition coefficient (Wildman–Crippen LogP) is 1.02. The summed E-state index contributed by atoms with van der Waals surface area (Å²) in [7, 11) is 0. The Balaban J connectivity index is 2.57. The van der Waals surface area contributed by atoms with Crippen molar-refractivity contribution >= 4 is 25.7 Å². The van der Waals surface area contributed by atoms with Crippen molar-refractivity contribution in [3.63, 3.8) is 0 Å². The summed E-state index contributed by atoms with van der Waals surface area (Å²) in [6, 6.07) is 10.1. The summed E-state index contributed by atoms with van der Waals surface area (Å²) in [5.74, 6) is 0. The normalized spacial score (nSPS) is 12.5. The molecule has 0 aliphatic heterocycles. The van der Waals surface area contributed by atoms with Crippen molar-refractivity contribution in [1.82, 2.24) is 0 Å². The van der Waals surface area contributed by atoms with Crippen molar-refractivity contribution in [2.75, 3.05) is 0 Å². The molecule has 0 aromatic heterocycles. The molecule has 0 saturated carbocycles. The van der Waals surface area contributed by atoms with Crippen LogP contribution in [-0.2, 0) is 4.79 Å². The Morgan fingerprint density at radius 1 is 1.36 bits per heavy atom. The summed E-state index contributed by atoms with van der Waals surface area (Å²) in [6.45, 7) is 1.96. The molecule has 0 N–H and O–H groups in total. The van der Waals surface area contributed by atoms with Crippen molar-refractivity contribution in [2.24, 2.45) is 0 Å². The molecule has 0 heterocycles. The molecule has 2 heteroatoms. The number of carbonyl (C=O) groups is 1. The van der Waals surface area contributed by atoms with Gasteiger partial charge in [0.1, 0.15) is 0 Å². The minimum absolute atomic E-state index is 0.199. The van der Waals surface area contributed by atoms with E-state index in [0.29, 0.717) is 15.0 Å². The van der Waals surface area contributed by atoms with Crippen LogP contribution in [-0.4, -0.2) is 21.2 Å². The third-order valence-electron chi connectivity index (χ3n) is 1.26. The van der Waals surface area contributed by atoms with Gasteiger partial charge in [-0.1, -0.05) is 0 Å². The molecule has 0 fully saturated rings. The van der Waals surface area contributed by atoms with Crippen molar-refractivity contribution in [3.05, 3.63) is 30.3 Å². The topological polar surface area (TPSA) is 17.1 Å². The van der Waals surface area contributed by atoms with Gasteiger partial charge < -0.3 is 0 Å². The Labute approximate surface area is 73.0 Å². The van der Waals surface area contributed by atoms with E-state index in [9.17, 15) is 4.79 Å². The third kappa shape index (κ3) is 2.87. The zero-order chi connectivity index (χ0) is 8.10. The second-order valence-electron chi connectivity index (χ2n) is 2.27. The third-order valence-corrected chi connectivity index (χ3v) is 3.41. The second-order valence-corrected chi connectivity index (χ2v) is 5.32. The molecule has 1 nitrogen and oxygen atoms in total. The minimum atomic E-state index is 0.199. The van der Waals surface area contributed by atoms with E-state index >= 15 is 0 Å². The van der Waals surface area contributed by atoms with E-state index in [0.717, 1.165) is 6.29 Å². The van der Waals surface area contributed by atoms with E-state index in [1.807, 2.05) is 25.1 Å². The first-order valence-electron chi connectivity index (χ1n) is 3.50. The SMILES string of the molecule is CC(C=O)[Se]c1ccccc1. The molecule has 1 aromatic rings. The Hall–Kier alpha value is -0.591. The average Bonchev–Trinajstić information content (AvgIpc) is 2.06. The molecular weight excluding hydrogens is 203 g/mol. The summed E-state index contributed by atoms with van der Waals surface area (Å²) in [6.07, 6.45) is 1.02. The fraction of sp³-hybridized carbons (Fsp3) is 0.222. The first-order chi connectivity index (χ1) is 5.33. The van der Waals surface area contributed by atoms with Crippen molar-refractivity contribution < 1.29 is 4.79 Å². The zero-order valence-electron chi connectivity index (χ0n) is 6.36. The van der Waals surface area contributed by atoms with Crippen molar-refractivity contribution in [2.45, 2.75) is 11.7 Å². The molecule has 0 aliphatic carbocycles. The molecule has 0 amide bonds.